The summed E-state index contributed by atoms with van der Waals surface area (Å²) in [6.45, 7) is 1.77. The van der Waals surface area contributed by atoms with Gasteiger partial charge in [-0.3, -0.25) is 0 Å². The molecule has 0 bridgehead atoms. The van der Waals surface area contributed by atoms with Crippen molar-refractivity contribution in [1.29, 1.82) is 0 Å². The van der Waals surface area contributed by atoms with Crippen LogP contribution in [0.3, 0.4) is 0 Å². The van der Waals surface area contributed by atoms with Gasteiger partial charge in [0.25, 0.3) is 6.16 Å². The van der Waals surface area contributed by atoms with Gasteiger partial charge in [-0.25, -0.2) is 0 Å². The highest BCUT2D eigenvalue weighted by Crippen LogP contribution is 2.34. The zero-order valence-corrected chi connectivity index (χ0v) is 10.9. The average molecular weight is 295 g/mol. The summed E-state index contributed by atoms with van der Waals surface area (Å²) in [6, 6.07) is 9.07. The smallest absolute Gasteiger partial charge is 0.416 e. The van der Waals surface area contributed by atoms with E-state index in [1.54, 1.807) is 19.1 Å². The van der Waals surface area contributed by atoms with Crippen LogP contribution in [0, 0.1) is 6.92 Å². The number of halogens is 3. The molecule has 110 valence electrons. The second kappa shape index (κ2) is 5.47. The molecule has 3 nitrogen and oxygen atoms in total. The molecule has 0 unspecified atom stereocenters. The van der Waals surface area contributed by atoms with Gasteiger partial charge in [0, 0.05) is 5.56 Å². The van der Waals surface area contributed by atoms with Gasteiger partial charge in [-0.15, -0.1) is 0 Å². The number of aryl methyl sites for hydroxylation is 1. The predicted octanol–water partition coefficient (Wildman–Crippen LogP) is 3.40. The Morgan fingerprint density at radius 1 is 1.10 bits per heavy atom. The maximum atomic E-state index is 12.5. The summed E-state index contributed by atoms with van der Waals surface area (Å²) in [4.78, 5) is 10.5. The molecule has 6 heteroatoms. The van der Waals surface area contributed by atoms with Crippen molar-refractivity contribution in [2.45, 2.75) is 13.1 Å². The monoisotopic (exact) mass is 295 g/mol. The average Bonchev–Trinajstić information content (AvgIpc) is 2.39. The predicted molar refractivity (Wildman–Crippen MR) is 67.6 cm³/mol. The molecule has 0 heterocycles. The van der Waals surface area contributed by atoms with Gasteiger partial charge in [0.15, 0.2) is 0 Å². The zero-order chi connectivity index (χ0) is 15.6. The van der Waals surface area contributed by atoms with Crippen LogP contribution in [0.15, 0.2) is 42.5 Å². The van der Waals surface area contributed by atoms with Crippen molar-refractivity contribution in [1.82, 2.24) is 0 Å². The quantitative estimate of drug-likeness (QED) is 0.630. The first-order valence-electron chi connectivity index (χ1n) is 5.94. The van der Waals surface area contributed by atoms with E-state index in [1.165, 1.54) is 18.2 Å². The number of alkyl halides is 3. The molecule has 0 saturated heterocycles. The van der Waals surface area contributed by atoms with Gasteiger partial charge < -0.3 is 14.6 Å². The first-order chi connectivity index (χ1) is 9.77. The Hall–Kier alpha value is -2.50. The second-order valence-electron chi connectivity index (χ2n) is 4.43. The van der Waals surface area contributed by atoms with Crippen molar-refractivity contribution in [2.24, 2.45) is 0 Å². The summed E-state index contributed by atoms with van der Waals surface area (Å²) >= 11 is 0. The molecule has 0 aliphatic heterocycles. The van der Waals surface area contributed by atoms with Gasteiger partial charge in [-0.1, -0.05) is 23.8 Å². The maximum absolute atomic E-state index is 12.5. The molecule has 2 aromatic rings. The van der Waals surface area contributed by atoms with Crippen LogP contribution in [0.1, 0.15) is 11.1 Å². The number of carboxylic acid groups (broad SMARTS) is 1. The summed E-state index contributed by atoms with van der Waals surface area (Å²) in [7, 11) is 0. The van der Waals surface area contributed by atoms with Crippen molar-refractivity contribution in [3.8, 4) is 16.9 Å². The second-order valence-corrected chi connectivity index (χ2v) is 4.43. The first kappa shape index (κ1) is 14.9. The highest BCUT2D eigenvalue weighted by molar-refractivity contribution is 5.74. The molecule has 0 radical (unpaired) electrons. The molecule has 0 N–H and O–H groups in total. The lowest BCUT2D eigenvalue weighted by atomic mass is 10.0. The van der Waals surface area contributed by atoms with Gasteiger partial charge in [-0.05, 0) is 36.8 Å². The van der Waals surface area contributed by atoms with Crippen LogP contribution in [0.25, 0.3) is 11.1 Å². The molecule has 0 amide bonds. The number of hydrogen-bond acceptors (Lipinski definition) is 3. The Balaban J connectivity index is 2.45. The molecule has 0 aliphatic rings. The van der Waals surface area contributed by atoms with Crippen LogP contribution >= 0.6 is 0 Å². The van der Waals surface area contributed by atoms with E-state index in [-0.39, 0.29) is 5.75 Å². The Morgan fingerprint density at radius 2 is 1.71 bits per heavy atom. The molecule has 0 aliphatic carbocycles. The third-order valence-corrected chi connectivity index (χ3v) is 2.85. The van der Waals surface area contributed by atoms with Crippen LogP contribution < -0.4 is 9.84 Å². The van der Waals surface area contributed by atoms with E-state index in [4.69, 9.17) is 0 Å². The normalized spacial score (nSPS) is 11.2. The first-order valence-corrected chi connectivity index (χ1v) is 5.94. The summed E-state index contributed by atoms with van der Waals surface area (Å²) in [5, 5.41) is 10.5. The van der Waals surface area contributed by atoms with Crippen LogP contribution in [0.4, 0.5) is 18.0 Å². The standard InChI is InChI=1S/C15H11F3O3/c1-9-2-7-13(21-14(19)20)12(8-9)10-3-5-11(6-4-10)15(16,17)18/h2-8H,1H3,(H,19,20)/p-1. The molecule has 0 atom stereocenters. The fraction of sp³-hybridized carbons (Fsp3) is 0.133. The fourth-order valence-electron chi connectivity index (χ4n) is 1.89. The van der Waals surface area contributed by atoms with Crippen molar-refractivity contribution in [3.05, 3.63) is 53.6 Å². The lowest BCUT2D eigenvalue weighted by Gasteiger charge is -2.15. The fourth-order valence-corrected chi connectivity index (χ4v) is 1.89. The third-order valence-electron chi connectivity index (χ3n) is 2.85. The molecule has 0 saturated carbocycles. The summed E-state index contributed by atoms with van der Waals surface area (Å²) in [6.07, 6.45) is -6.15. The Morgan fingerprint density at radius 3 is 2.24 bits per heavy atom. The highest BCUT2D eigenvalue weighted by Gasteiger charge is 2.30. The lowest BCUT2D eigenvalue weighted by Crippen LogP contribution is -2.26. The van der Waals surface area contributed by atoms with Crippen LogP contribution in [-0.4, -0.2) is 6.16 Å². The lowest BCUT2D eigenvalue weighted by molar-refractivity contribution is -0.271. The molecule has 21 heavy (non-hydrogen) atoms. The van der Waals surface area contributed by atoms with Crippen molar-refractivity contribution < 1.29 is 27.8 Å². The molecule has 2 rings (SSSR count). The zero-order valence-electron chi connectivity index (χ0n) is 10.9. The Labute approximate surface area is 118 Å². The topological polar surface area (TPSA) is 49.4 Å². The van der Waals surface area contributed by atoms with Crippen molar-refractivity contribution in [2.75, 3.05) is 0 Å². The molecular formula is C15H10F3O3-. The van der Waals surface area contributed by atoms with E-state index >= 15 is 0 Å². The van der Waals surface area contributed by atoms with Crippen LogP contribution in [0.2, 0.25) is 0 Å². The molecule has 0 aromatic heterocycles. The molecule has 0 fully saturated rings. The van der Waals surface area contributed by atoms with Crippen LogP contribution in [0.5, 0.6) is 5.75 Å². The van der Waals surface area contributed by atoms with Gasteiger partial charge in [0.1, 0.15) is 0 Å². The number of carbonyl (C=O) groups is 1. The summed E-state index contributed by atoms with van der Waals surface area (Å²) in [5.74, 6) is 0.0142. The van der Waals surface area contributed by atoms with Crippen molar-refractivity contribution >= 4 is 6.16 Å². The van der Waals surface area contributed by atoms with Crippen LogP contribution in [-0.2, 0) is 6.18 Å². The van der Waals surface area contributed by atoms with E-state index in [0.717, 1.165) is 17.7 Å². The van der Waals surface area contributed by atoms with E-state index in [1.807, 2.05) is 0 Å². The Kier molecular flexibility index (Phi) is 3.88. The van der Waals surface area contributed by atoms with E-state index in [2.05, 4.69) is 4.74 Å². The maximum Gasteiger partial charge on any atom is 0.416 e. The van der Waals surface area contributed by atoms with E-state index in [9.17, 15) is 23.1 Å². The van der Waals surface area contributed by atoms with Gasteiger partial charge in [-0.2, -0.15) is 13.2 Å². The minimum absolute atomic E-state index is 0.0142. The number of rotatable bonds is 2. The number of hydrogen-bond donors (Lipinski definition) is 0. The minimum Gasteiger partial charge on any atom is -0.513 e. The molecule has 0 spiro atoms. The summed E-state index contributed by atoms with van der Waals surface area (Å²) < 4.78 is 42.1. The molecule has 2 aromatic carbocycles. The van der Waals surface area contributed by atoms with Gasteiger partial charge >= 0.3 is 6.18 Å². The minimum atomic E-state index is -4.42. The van der Waals surface area contributed by atoms with E-state index < -0.39 is 17.9 Å². The largest absolute Gasteiger partial charge is 0.513 e. The SMILES string of the molecule is Cc1ccc(OC(=O)[O-])c(-c2ccc(C(F)(F)F)cc2)c1. The molecular weight excluding hydrogens is 285 g/mol. The summed E-state index contributed by atoms with van der Waals surface area (Å²) in [5.41, 5.74) is 0.841. The number of ether oxygens (including phenoxy) is 1. The number of carbonyl (C=O) groups excluding carboxylic acids is 1. The number of benzene rings is 2. The Bertz CT molecular complexity index is 661. The van der Waals surface area contributed by atoms with Gasteiger partial charge in [0.2, 0.25) is 0 Å². The van der Waals surface area contributed by atoms with Gasteiger partial charge in [0.05, 0.1) is 11.3 Å². The van der Waals surface area contributed by atoms with Crippen molar-refractivity contribution in [3.63, 3.8) is 0 Å². The van der Waals surface area contributed by atoms with E-state index in [0.29, 0.717) is 11.1 Å². The highest BCUT2D eigenvalue weighted by atomic mass is 19.4. The third kappa shape index (κ3) is 3.53.